The first-order chi connectivity index (χ1) is 22.8. The number of hydrogen-bond acceptors (Lipinski definition) is 2. The van der Waals surface area contributed by atoms with Crippen LogP contribution < -0.4 is 4.90 Å². The topological polar surface area (TPSA) is 3.24 Å². The van der Waals surface area contributed by atoms with E-state index < -0.39 is 0 Å². The van der Waals surface area contributed by atoms with Gasteiger partial charge >= 0.3 is 0 Å². The van der Waals surface area contributed by atoms with Crippen molar-refractivity contribution in [2.45, 2.75) is 0 Å². The zero-order chi connectivity index (χ0) is 30.5. The Hall–Kier alpha value is -5.70. The van der Waals surface area contributed by atoms with Crippen LogP contribution in [0.5, 0.6) is 0 Å². The zero-order valence-electron chi connectivity index (χ0n) is 25.1. The van der Waals surface area contributed by atoms with Gasteiger partial charge in [0.15, 0.2) is 0 Å². The van der Waals surface area contributed by atoms with E-state index in [1.165, 1.54) is 69.7 Å². The average molecular weight is 604 g/mol. The Bertz CT molecular complexity index is 2530. The normalized spacial score (nSPS) is 11.5. The number of thiophene rings is 1. The Morgan fingerprint density at radius 1 is 0.370 bits per heavy atom. The maximum atomic E-state index is 2.43. The molecule has 9 rings (SSSR count). The second kappa shape index (κ2) is 11.0. The quantitative estimate of drug-likeness (QED) is 0.189. The standard InChI is InChI=1S/C44H29NS/c1-2-10-30(11-3-1)35-15-8-16-38(29-35)45(37-25-22-32(23-26-37)36-21-20-31-12-4-5-14-34(31)28-36)41-18-9-19-42-43(41)40-27-24-33-13-6-7-17-39(33)44(40)46-42/h1-29H. The Kier molecular flexibility index (Phi) is 6.40. The third kappa shape index (κ3) is 4.54. The van der Waals surface area contributed by atoms with Gasteiger partial charge in [0.05, 0.1) is 5.69 Å². The summed E-state index contributed by atoms with van der Waals surface area (Å²) in [5.74, 6) is 0. The van der Waals surface area contributed by atoms with E-state index in [9.17, 15) is 0 Å². The summed E-state index contributed by atoms with van der Waals surface area (Å²) in [4.78, 5) is 2.43. The molecule has 0 aliphatic carbocycles. The van der Waals surface area contributed by atoms with Crippen LogP contribution in [0.4, 0.5) is 17.1 Å². The molecule has 0 bridgehead atoms. The van der Waals surface area contributed by atoms with E-state index >= 15 is 0 Å². The molecule has 9 aromatic rings. The van der Waals surface area contributed by atoms with Crippen molar-refractivity contribution in [3.8, 4) is 22.3 Å². The smallest absolute Gasteiger partial charge is 0.0554 e. The Balaban J connectivity index is 1.24. The number of fused-ring (bicyclic) bond motifs is 6. The molecule has 0 atom stereocenters. The molecule has 46 heavy (non-hydrogen) atoms. The summed E-state index contributed by atoms with van der Waals surface area (Å²) in [5.41, 5.74) is 8.28. The lowest BCUT2D eigenvalue weighted by Crippen LogP contribution is -2.10. The first-order valence-electron chi connectivity index (χ1n) is 15.7. The van der Waals surface area contributed by atoms with Gasteiger partial charge in [0.25, 0.3) is 0 Å². The number of benzene rings is 8. The molecule has 0 fully saturated rings. The van der Waals surface area contributed by atoms with Crippen molar-refractivity contribution in [2.24, 2.45) is 0 Å². The van der Waals surface area contributed by atoms with Gasteiger partial charge in [0, 0.05) is 31.5 Å². The van der Waals surface area contributed by atoms with Gasteiger partial charge in [0.1, 0.15) is 0 Å². The third-order valence-corrected chi connectivity index (χ3v) is 10.2. The highest BCUT2D eigenvalue weighted by atomic mass is 32.1. The van der Waals surface area contributed by atoms with Crippen molar-refractivity contribution in [1.82, 2.24) is 0 Å². The molecule has 0 N–H and O–H groups in total. The first kappa shape index (κ1) is 26.7. The number of hydrogen-bond donors (Lipinski definition) is 0. The molecule has 0 amide bonds. The molecule has 1 aromatic heterocycles. The molecule has 0 saturated carbocycles. The van der Waals surface area contributed by atoms with Crippen molar-refractivity contribution in [2.75, 3.05) is 4.90 Å². The highest BCUT2D eigenvalue weighted by Crippen LogP contribution is 2.47. The molecular formula is C44H29NS. The molecule has 0 radical (unpaired) electrons. The predicted octanol–water partition coefficient (Wildman–Crippen LogP) is 13.2. The molecule has 2 heteroatoms. The van der Waals surface area contributed by atoms with E-state index in [-0.39, 0.29) is 0 Å². The predicted molar refractivity (Wildman–Crippen MR) is 200 cm³/mol. The summed E-state index contributed by atoms with van der Waals surface area (Å²) in [7, 11) is 0. The van der Waals surface area contributed by atoms with Gasteiger partial charge in [-0.3, -0.25) is 0 Å². The van der Waals surface area contributed by atoms with E-state index in [0.29, 0.717) is 0 Å². The van der Waals surface area contributed by atoms with Gasteiger partial charge in [-0.2, -0.15) is 0 Å². The Morgan fingerprint density at radius 2 is 1.02 bits per heavy atom. The summed E-state index contributed by atoms with van der Waals surface area (Å²) in [6.45, 7) is 0. The van der Waals surface area contributed by atoms with Crippen molar-refractivity contribution in [1.29, 1.82) is 0 Å². The minimum absolute atomic E-state index is 1.13. The molecule has 216 valence electrons. The lowest BCUT2D eigenvalue weighted by atomic mass is 10.00. The Labute approximate surface area is 272 Å². The molecule has 8 aromatic carbocycles. The third-order valence-electron chi connectivity index (χ3n) is 9.03. The molecule has 0 aliphatic heterocycles. The monoisotopic (exact) mass is 603 g/mol. The molecule has 1 nitrogen and oxygen atoms in total. The second-order valence-corrected chi connectivity index (χ2v) is 12.8. The van der Waals surface area contributed by atoms with Crippen LogP contribution in [0.15, 0.2) is 176 Å². The fourth-order valence-corrected chi connectivity index (χ4v) is 8.03. The number of nitrogens with zero attached hydrogens (tertiary/aromatic N) is 1. The van der Waals surface area contributed by atoms with Crippen LogP contribution in [0.3, 0.4) is 0 Å². The van der Waals surface area contributed by atoms with Crippen LogP contribution in [0.2, 0.25) is 0 Å². The summed E-state index contributed by atoms with van der Waals surface area (Å²) in [6, 6.07) is 63.9. The molecule has 0 unspecified atom stereocenters. The van der Waals surface area contributed by atoms with Crippen LogP contribution in [0.25, 0.3) is 64.0 Å². The fraction of sp³-hybridized carbons (Fsp3) is 0. The minimum Gasteiger partial charge on any atom is -0.310 e. The van der Waals surface area contributed by atoms with Crippen molar-refractivity contribution >= 4 is 70.1 Å². The molecule has 0 saturated heterocycles. The van der Waals surface area contributed by atoms with Crippen molar-refractivity contribution < 1.29 is 0 Å². The summed E-state index contributed by atoms with van der Waals surface area (Å²) in [5, 5.41) is 7.69. The van der Waals surface area contributed by atoms with E-state index in [1.807, 2.05) is 11.3 Å². The minimum atomic E-state index is 1.13. The maximum Gasteiger partial charge on any atom is 0.0554 e. The summed E-state index contributed by atoms with van der Waals surface area (Å²) < 4.78 is 2.63. The van der Waals surface area contributed by atoms with Gasteiger partial charge < -0.3 is 4.90 Å². The van der Waals surface area contributed by atoms with Crippen LogP contribution in [0.1, 0.15) is 0 Å². The van der Waals surface area contributed by atoms with Gasteiger partial charge in [-0.15, -0.1) is 11.3 Å². The van der Waals surface area contributed by atoms with E-state index in [4.69, 9.17) is 0 Å². The lowest BCUT2D eigenvalue weighted by Gasteiger charge is -2.27. The largest absolute Gasteiger partial charge is 0.310 e. The van der Waals surface area contributed by atoms with Crippen molar-refractivity contribution in [3.63, 3.8) is 0 Å². The average Bonchev–Trinajstić information content (AvgIpc) is 3.53. The van der Waals surface area contributed by atoms with E-state index in [1.54, 1.807) is 0 Å². The number of anilines is 3. The highest BCUT2D eigenvalue weighted by molar-refractivity contribution is 7.26. The van der Waals surface area contributed by atoms with Crippen molar-refractivity contribution in [3.05, 3.63) is 176 Å². The van der Waals surface area contributed by atoms with Gasteiger partial charge in [0.2, 0.25) is 0 Å². The van der Waals surface area contributed by atoms with E-state index in [2.05, 4.69) is 181 Å². The lowest BCUT2D eigenvalue weighted by molar-refractivity contribution is 1.30. The van der Waals surface area contributed by atoms with Gasteiger partial charge in [-0.05, 0) is 86.3 Å². The highest BCUT2D eigenvalue weighted by Gasteiger charge is 2.20. The molecule has 0 spiro atoms. The van der Waals surface area contributed by atoms with Crippen LogP contribution >= 0.6 is 11.3 Å². The maximum absolute atomic E-state index is 2.43. The molecule has 0 aliphatic rings. The first-order valence-corrected chi connectivity index (χ1v) is 16.5. The van der Waals surface area contributed by atoms with Crippen LogP contribution in [0, 0.1) is 0 Å². The molecule has 1 heterocycles. The number of rotatable bonds is 5. The summed E-state index contributed by atoms with van der Waals surface area (Å²) in [6.07, 6.45) is 0. The van der Waals surface area contributed by atoms with Crippen LogP contribution in [-0.4, -0.2) is 0 Å². The summed E-state index contributed by atoms with van der Waals surface area (Å²) >= 11 is 1.89. The zero-order valence-corrected chi connectivity index (χ0v) is 25.9. The second-order valence-electron chi connectivity index (χ2n) is 11.8. The molecular weight excluding hydrogens is 575 g/mol. The SMILES string of the molecule is c1ccc(-c2cccc(N(c3ccc(-c4ccc5ccccc5c4)cc3)c3cccc4sc5c6ccccc6ccc5c34)c2)cc1. The van der Waals surface area contributed by atoms with Crippen LogP contribution in [-0.2, 0) is 0 Å². The van der Waals surface area contributed by atoms with Gasteiger partial charge in [-0.25, -0.2) is 0 Å². The van der Waals surface area contributed by atoms with Gasteiger partial charge in [-0.1, -0.05) is 133 Å². The Morgan fingerprint density at radius 3 is 1.89 bits per heavy atom. The van der Waals surface area contributed by atoms with E-state index in [0.717, 1.165) is 11.4 Å². The fourth-order valence-electron chi connectivity index (χ4n) is 6.78.